The van der Waals surface area contributed by atoms with Crippen LogP contribution in [0, 0.1) is 0 Å². The monoisotopic (exact) mass is 338 g/mol. The van der Waals surface area contributed by atoms with E-state index in [1.807, 2.05) is 48.5 Å². The molecule has 0 amide bonds. The maximum atomic E-state index is 12.3. The molecule has 0 aliphatic rings. The number of aliphatic hydroxyl groups is 1. The molecule has 2 aromatic rings. The Hall–Kier alpha value is -2.72. The fraction of sp³-hybridized carbons (Fsp3) is 0.238. The van der Waals surface area contributed by atoms with Crippen LogP contribution in [0.1, 0.15) is 30.4 Å². The molecule has 2 aromatic carbocycles. The summed E-state index contributed by atoms with van der Waals surface area (Å²) in [6.07, 6.45) is 1.84. The van der Waals surface area contributed by atoms with Crippen LogP contribution in [0.5, 0.6) is 0 Å². The van der Waals surface area contributed by atoms with Gasteiger partial charge in [0, 0.05) is 12.3 Å². The van der Waals surface area contributed by atoms with Crippen LogP contribution in [0.25, 0.3) is 6.08 Å². The van der Waals surface area contributed by atoms with E-state index in [1.165, 1.54) is 6.08 Å². The highest BCUT2D eigenvalue weighted by molar-refractivity contribution is 5.94. The van der Waals surface area contributed by atoms with Crippen LogP contribution in [0.15, 0.2) is 66.7 Å². The van der Waals surface area contributed by atoms with Crippen molar-refractivity contribution < 1.29 is 19.4 Å². The third-order valence-corrected chi connectivity index (χ3v) is 3.82. The Balaban J connectivity index is 2.14. The minimum absolute atomic E-state index is 0.0212. The lowest BCUT2D eigenvalue weighted by atomic mass is 9.88. The van der Waals surface area contributed by atoms with Gasteiger partial charge in [0.05, 0.1) is 6.61 Å². The Bertz CT molecular complexity index is 707. The molecule has 0 saturated carbocycles. The number of benzene rings is 2. The molecule has 130 valence electrons. The molecule has 0 radical (unpaired) electrons. The van der Waals surface area contributed by atoms with Crippen LogP contribution in [0.4, 0.5) is 0 Å². The van der Waals surface area contributed by atoms with Crippen molar-refractivity contribution in [3.8, 4) is 0 Å². The van der Waals surface area contributed by atoms with Gasteiger partial charge < -0.3 is 9.84 Å². The molecule has 4 heteroatoms. The maximum Gasteiger partial charge on any atom is 0.335 e. The first-order valence-corrected chi connectivity index (χ1v) is 8.27. The number of carbonyl (C=O) groups excluding carboxylic acids is 2. The van der Waals surface area contributed by atoms with Gasteiger partial charge in [-0.2, -0.15) is 0 Å². The SMILES string of the molecule is CCOC(=O)[C@H](O)[C@H](CC(=O)/C=C/c1ccccc1)c1ccccc1. The van der Waals surface area contributed by atoms with E-state index < -0.39 is 18.0 Å². The van der Waals surface area contributed by atoms with Crippen molar-refractivity contribution >= 4 is 17.8 Å². The molecule has 0 spiro atoms. The van der Waals surface area contributed by atoms with E-state index >= 15 is 0 Å². The Morgan fingerprint density at radius 1 is 1.04 bits per heavy atom. The van der Waals surface area contributed by atoms with Gasteiger partial charge in [0.2, 0.25) is 0 Å². The van der Waals surface area contributed by atoms with Crippen LogP contribution in [0.3, 0.4) is 0 Å². The van der Waals surface area contributed by atoms with E-state index in [2.05, 4.69) is 0 Å². The lowest BCUT2D eigenvalue weighted by molar-refractivity contribution is -0.154. The van der Waals surface area contributed by atoms with E-state index in [-0.39, 0.29) is 18.8 Å². The molecule has 0 fully saturated rings. The first-order valence-electron chi connectivity index (χ1n) is 8.27. The average molecular weight is 338 g/mol. The highest BCUT2D eigenvalue weighted by Gasteiger charge is 2.30. The minimum Gasteiger partial charge on any atom is -0.464 e. The number of ketones is 1. The van der Waals surface area contributed by atoms with E-state index in [0.717, 1.165) is 11.1 Å². The highest BCUT2D eigenvalue weighted by atomic mass is 16.5. The molecule has 1 N–H and O–H groups in total. The molecule has 0 heterocycles. The average Bonchev–Trinajstić information content (AvgIpc) is 2.65. The zero-order valence-corrected chi connectivity index (χ0v) is 14.2. The van der Waals surface area contributed by atoms with Gasteiger partial charge >= 0.3 is 5.97 Å². The summed E-state index contributed by atoms with van der Waals surface area (Å²) in [5.41, 5.74) is 1.64. The van der Waals surface area contributed by atoms with E-state index in [4.69, 9.17) is 4.74 Å². The number of allylic oxidation sites excluding steroid dienone is 1. The molecule has 0 unspecified atom stereocenters. The number of carbonyl (C=O) groups is 2. The van der Waals surface area contributed by atoms with Crippen molar-refractivity contribution in [3.05, 3.63) is 77.9 Å². The summed E-state index contributed by atoms with van der Waals surface area (Å²) in [5, 5.41) is 10.3. The molecular weight excluding hydrogens is 316 g/mol. The number of aliphatic hydroxyl groups excluding tert-OH is 1. The van der Waals surface area contributed by atoms with E-state index in [1.54, 1.807) is 25.1 Å². The van der Waals surface area contributed by atoms with Crippen molar-refractivity contribution in [1.29, 1.82) is 0 Å². The predicted molar refractivity (Wildman–Crippen MR) is 96.9 cm³/mol. The van der Waals surface area contributed by atoms with Crippen LogP contribution in [-0.4, -0.2) is 29.6 Å². The van der Waals surface area contributed by atoms with Gasteiger partial charge in [-0.1, -0.05) is 66.7 Å². The van der Waals surface area contributed by atoms with Crippen molar-refractivity contribution in [2.24, 2.45) is 0 Å². The summed E-state index contributed by atoms with van der Waals surface area (Å²) in [5.74, 6) is -1.52. The molecule has 25 heavy (non-hydrogen) atoms. The Kier molecular flexibility index (Phi) is 7.11. The van der Waals surface area contributed by atoms with Gasteiger partial charge in [0.1, 0.15) is 0 Å². The van der Waals surface area contributed by atoms with Gasteiger partial charge in [-0.05, 0) is 24.1 Å². The number of hydrogen-bond donors (Lipinski definition) is 1. The van der Waals surface area contributed by atoms with Crippen molar-refractivity contribution in [1.82, 2.24) is 0 Å². The molecule has 2 rings (SSSR count). The van der Waals surface area contributed by atoms with Gasteiger partial charge in [0.15, 0.2) is 11.9 Å². The van der Waals surface area contributed by atoms with Crippen molar-refractivity contribution in [2.45, 2.75) is 25.4 Å². The van der Waals surface area contributed by atoms with Gasteiger partial charge in [-0.15, -0.1) is 0 Å². The first-order chi connectivity index (χ1) is 12.1. The first kappa shape index (κ1) is 18.6. The highest BCUT2D eigenvalue weighted by Crippen LogP contribution is 2.25. The fourth-order valence-corrected chi connectivity index (χ4v) is 2.54. The Morgan fingerprint density at radius 3 is 2.24 bits per heavy atom. The second kappa shape index (κ2) is 9.55. The lowest BCUT2D eigenvalue weighted by Crippen LogP contribution is -2.31. The molecule has 0 saturated heterocycles. The number of rotatable bonds is 8. The van der Waals surface area contributed by atoms with E-state index in [0.29, 0.717) is 0 Å². The molecule has 4 nitrogen and oxygen atoms in total. The van der Waals surface area contributed by atoms with Crippen LogP contribution in [0.2, 0.25) is 0 Å². The van der Waals surface area contributed by atoms with Gasteiger partial charge in [-0.25, -0.2) is 4.79 Å². The zero-order valence-electron chi connectivity index (χ0n) is 14.2. The summed E-state index contributed by atoms with van der Waals surface area (Å²) in [6.45, 7) is 1.86. The second-order valence-corrected chi connectivity index (χ2v) is 5.63. The van der Waals surface area contributed by atoms with Gasteiger partial charge in [0.25, 0.3) is 0 Å². The fourth-order valence-electron chi connectivity index (χ4n) is 2.54. The zero-order chi connectivity index (χ0) is 18.1. The Labute approximate surface area is 147 Å². The lowest BCUT2D eigenvalue weighted by Gasteiger charge is -2.21. The maximum absolute atomic E-state index is 12.3. The summed E-state index contributed by atoms with van der Waals surface area (Å²) in [4.78, 5) is 24.3. The predicted octanol–water partition coefficient (Wildman–Crippen LogP) is 3.37. The molecular formula is C21H22O4. The minimum atomic E-state index is -1.38. The number of ether oxygens (including phenoxy) is 1. The third-order valence-electron chi connectivity index (χ3n) is 3.82. The molecule has 0 bridgehead atoms. The third kappa shape index (κ3) is 5.69. The van der Waals surface area contributed by atoms with Crippen LogP contribution >= 0.6 is 0 Å². The second-order valence-electron chi connectivity index (χ2n) is 5.63. The molecule has 0 aliphatic heterocycles. The smallest absolute Gasteiger partial charge is 0.335 e. The van der Waals surface area contributed by atoms with E-state index in [9.17, 15) is 14.7 Å². The normalized spacial score (nSPS) is 13.4. The van der Waals surface area contributed by atoms with Crippen molar-refractivity contribution in [3.63, 3.8) is 0 Å². The molecule has 2 atom stereocenters. The largest absolute Gasteiger partial charge is 0.464 e. The summed E-state index contributed by atoms with van der Waals surface area (Å²) >= 11 is 0. The van der Waals surface area contributed by atoms with Crippen LogP contribution in [-0.2, 0) is 14.3 Å². The summed E-state index contributed by atoms with van der Waals surface area (Å²) in [6, 6.07) is 18.5. The van der Waals surface area contributed by atoms with Gasteiger partial charge in [-0.3, -0.25) is 4.79 Å². The number of hydrogen-bond acceptors (Lipinski definition) is 4. The van der Waals surface area contributed by atoms with Crippen molar-refractivity contribution in [2.75, 3.05) is 6.61 Å². The standard InChI is InChI=1S/C21H22O4/c1-2-25-21(24)20(23)19(17-11-7-4-8-12-17)15-18(22)14-13-16-9-5-3-6-10-16/h3-14,19-20,23H,2,15H2,1H3/b14-13+/t19-,20-/m1/s1. The van der Waals surface area contributed by atoms with Crippen LogP contribution < -0.4 is 0 Å². The quantitative estimate of drug-likeness (QED) is 0.592. The molecule has 0 aromatic heterocycles. The summed E-state index contributed by atoms with van der Waals surface area (Å²) in [7, 11) is 0. The molecule has 0 aliphatic carbocycles. The Morgan fingerprint density at radius 2 is 1.64 bits per heavy atom. The number of esters is 1. The topological polar surface area (TPSA) is 63.6 Å². The summed E-state index contributed by atoms with van der Waals surface area (Å²) < 4.78 is 4.90.